The zero-order valence-corrected chi connectivity index (χ0v) is 9.00. The van der Waals surface area contributed by atoms with E-state index in [1.165, 1.54) is 0 Å². The number of hydrogen-bond acceptors (Lipinski definition) is 1. The Kier molecular flexibility index (Phi) is 2.46. The maximum atomic E-state index is 13.1. The molecule has 0 atom stereocenters. The first-order valence-electron chi connectivity index (χ1n) is 4.44. The Bertz CT molecular complexity index is 351. The van der Waals surface area contributed by atoms with Gasteiger partial charge < -0.3 is 5.73 Å². The molecule has 14 heavy (non-hydrogen) atoms. The normalized spacial score (nSPS) is 18.3. The minimum atomic E-state index is -0.551. The molecule has 0 unspecified atom stereocenters. The highest BCUT2D eigenvalue weighted by Gasteiger charge is 2.43. The quantitative estimate of drug-likeness (QED) is 0.781. The summed E-state index contributed by atoms with van der Waals surface area (Å²) in [6, 6.07) is 3.26. The van der Waals surface area contributed by atoms with Crippen LogP contribution in [0.3, 0.4) is 0 Å². The third-order valence-electron chi connectivity index (χ3n) is 2.84. The number of hydrogen-bond donors (Lipinski definition) is 1. The summed E-state index contributed by atoms with van der Waals surface area (Å²) in [4.78, 5) is 0. The standard InChI is InChI=1S/C10H10Cl2FN/c11-7-3-6(4-8(12)9(7)13)10(5-14)1-2-10/h3-4H,1-2,5,14H2. The molecule has 0 saturated heterocycles. The smallest absolute Gasteiger partial charge is 0.160 e. The topological polar surface area (TPSA) is 26.0 Å². The second-order valence-corrected chi connectivity index (χ2v) is 4.55. The van der Waals surface area contributed by atoms with Crippen molar-refractivity contribution in [2.45, 2.75) is 18.3 Å². The Hall–Kier alpha value is -0.310. The molecule has 2 N–H and O–H groups in total. The molecular formula is C10H10Cl2FN. The minimum Gasteiger partial charge on any atom is -0.330 e. The van der Waals surface area contributed by atoms with Gasteiger partial charge in [0.2, 0.25) is 0 Å². The lowest BCUT2D eigenvalue weighted by atomic mass is 9.96. The van der Waals surface area contributed by atoms with Crippen molar-refractivity contribution < 1.29 is 4.39 Å². The lowest BCUT2D eigenvalue weighted by Gasteiger charge is -2.13. The van der Waals surface area contributed by atoms with Crippen LogP contribution in [0.15, 0.2) is 12.1 Å². The number of nitrogens with two attached hydrogens (primary N) is 1. The average molecular weight is 234 g/mol. The van der Waals surface area contributed by atoms with E-state index in [-0.39, 0.29) is 15.5 Å². The first-order valence-corrected chi connectivity index (χ1v) is 5.20. The molecule has 0 bridgehead atoms. The van der Waals surface area contributed by atoms with E-state index in [4.69, 9.17) is 28.9 Å². The van der Waals surface area contributed by atoms with Crippen molar-refractivity contribution in [1.29, 1.82) is 0 Å². The lowest BCUT2D eigenvalue weighted by molar-refractivity contribution is 0.624. The molecule has 1 aliphatic rings. The van der Waals surface area contributed by atoms with E-state index in [9.17, 15) is 4.39 Å². The SMILES string of the molecule is NCC1(c2cc(Cl)c(F)c(Cl)c2)CC1. The third kappa shape index (κ3) is 1.52. The summed E-state index contributed by atoms with van der Waals surface area (Å²) >= 11 is 11.4. The summed E-state index contributed by atoms with van der Waals surface area (Å²) in [5.41, 5.74) is 6.62. The van der Waals surface area contributed by atoms with Crippen LogP contribution >= 0.6 is 23.2 Å². The Morgan fingerprint density at radius 1 is 1.29 bits per heavy atom. The van der Waals surface area contributed by atoms with E-state index in [0.29, 0.717) is 6.54 Å². The predicted octanol–water partition coefficient (Wildman–Crippen LogP) is 3.12. The van der Waals surface area contributed by atoms with Crippen molar-refractivity contribution in [3.05, 3.63) is 33.6 Å². The van der Waals surface area contributed by atoms with Gasteiger partial charge in [-0.3, -0.25) is 0 Å². The van der Waals surface area contributed by atoms with Crippen LogP contribution in [0.25, 0.3) is 0 Å². The molecule has 0 amide bonds. The van der Waals surface area contributed by atoms with E-state index < -0.39 is 5.82 Å². The van der Waals surface area contributed by atoms with Crippen molar-refractivity contribution in [2.75, 3.05) is 6.54 Å². The zero-order valence-electron chi connectivity index (χ0n) is 7.49. The Labute approximate surface area is 92.0 Å². The van der Waals surface area contributed by atoms with Gasteiger partial charge in [0.15, 0.2) is 5.82 Å². The molecule has 0 heterocycles. The van der Waals surface area contributed by atoms with Crippen molar-refractivity contribution in [1.82, 2.24) is 0 Å². The van der Waals surface area contributed by atoms with Crippen molar-refractivity contribution in [3.63, 3.8) is 0 Å². The van der Waals surface area contributed by atoms with Crippen molar-refractivity contribution in [3.8, 4) is 0 Å². The summed E-state index contributed by atoms with van der Waals surface area (Å²) in [6.07, 6.45) is 2.06. The molecule has 1 saturated carbocycles. The highest BCUT2D eigenvalue weighted by atomic mass is 35.5. The van der Waals surface area contributed by atoms with Gasteiger partial charge in [-0.25, -0.2) is 4.39 Å². The van der Waals surface area contributed by atoms with Gasteiger partial charge in [0.05, 0.1) is 10.0 Å². The molecule has 0 spiro atoms. The van der Waals surface area contributed by atoms with E-state index in [2.05, 4.69) is 0 Å². The minimum absolute atomic E-state index is 0.000972. The molecule has 0 aromatic heterocycles. The summed E-state index contributed by atoms with van der Waals surface area (Å²) in [6.45, 7) is 0.561. The average Bonchev–Trinajstić information content (AvgIpc) is 2.94. The van der Waals surface area contributed by atoms with Crippen LogP contribution in [0.5, 0.6) is 0 Å². The maximum Gasteiger partial charge on any atom is 0.160 e. The molecule has 0 radical (unpaired) electrons. The highest BCUT2D eigenvalue weighted by molar-refractivity contribution is 6.35. The van der Waals surface area contributed by atoms with Gasteiger partial charge in [-0.05, 0) is 30.5 Å². The predicted molar refractivity (Wildman–Crippen MR) is 56.4 cm³/mol. The molecule has 1 aliphatic carbocycles. The van der Waals surface area contributed by atoms with Crippen LogP contribution in [-0.2, 0) is 5.41 Å². The van der Waals surface area contributed by atoms with E-state index in [1.807, 2.05) is 0 Å². The molecule has 1 nitrogen and oxygen atoms in total. The largest absolute Gasteiger partial charge is 0.330 e. The molecule has 1 fully saturated rings. The molecule has 1 aromatic rings. The maximum absolute atomic E-state index is 13.1. The molecular weight excluding hydrogens is 224 g/mol. The van der Waals surface area contributed by atoms with Crippen LogP contribution in [0, 0.1) is 5.82 Å². The van der Waals surface area contributed by atoms with E-state index in [1.54, 1.807) is 12.1 Å². The fourth-order valence-electron chi connectivity index (χ4n) is 1.62. The number of halogens is 3. The molecule has 1 aromatic carbocycles. The highest BCUT2D eigenvalue weighted by Crippen LogP contribution is 2.48. The van der Waals surface area contributed by atoms with Gasteiger partial charge in [-0.15, -0.1) is 0 Å². The second-order valence-electron chi connectivity index (χ2n) is 3.74. The number of benzene rings is 1. The van der Waals surface area contributed by atoms with Gasteiger partial charge in [-0.1, -0.05) is 23.2 Å². The Morgan fingerprint density at radius 3 is 2.14 bits per heavy atom. The van der Waals surface area contributed by atoms with Gasteiger partial charge in [-0.2, -0.15) is 0 Å². The van der Waals surface area contributed by atoms with Gasteiger partial charge in [0, 0.05) is 12.0 Å². The van der Waals surface area contributed by atoms with Gasteiger partial charge in [0.25, 0.3) is 0 Å². The summed E-state index contributed by atoms with van der Waals surface area (Å²) in [5.74, 6) is -0.551. The number of rotatable bonds is 2. The lowest BCUT2D eigenvalue weighted by Crippen LogP contribution is -2.19. The van der Waals surface area contributed by atoms with Crippen LogP contribution < -0.4 is 5.73 Å². The van der Waals surface area contributed by atoms with Crippen molar-refractivity contribution >= 4 is 23.2 Å². The van der Waals surface area contributed by atoms with Gasteiger partial charge in [0.1, 0.15) is 0 Å². The zero-order chi connectivity index (χ0) is 10.3. The Morgan fingerprint density at radius 2 is 1.79 bits per heavy atom. The first-order chi connectivity index (χ1) is 6.59. The fraction of sp³-hybridized carbons (Fsp3) is 0.400. The molecule has 4 heteroatoms. The summed E-state index contributed by atoms with van der Waals surface area (Å²) in [5, 5.41) is 0.152. The first kappa shape index (κ1) is 10.2. The van der Waals surface area contributed by atoms with Crippen LogP contribution in [0.2, 0.25) is 10.0 Å². The van der Waals surface area contributed by atoms with Crippen LogP contribution in [0.4, 0.5) is 4.39 Å². The van der Waals surface area contributed by atoms with Crippen LogP contribution in [0.1, 0.15) is 18.4 Å². The van der Waals surface area contributed by atoms with Gasteiger partial charge >= 0.3 is 0 Å². The Balaban J connectivity index is 2.46. The van der Waals surface area contributed by atoms with E-state index in [0.717, 1.165) is 18.4 Å². The fourth-order valence-corrected chi connectivity index (χ4v) is 2.11. The second kappa shape index (κ2) is 3.37. The summed E-state index contributed by atoms with van der Waals surface area (Å²) < 4.78 is 13.1. The molecule has 76 valence electrons. The monoisotopic (exact) mass is 233 g/mol. The molecule has 0 aliphatic heterocycles. The van der Waals surface area contributed by atoms with E-state index >= 15 is 0 Å². The molecule has 2 rings (SSSR count). The third-order valence-corrected chi connectivity index (χ3v) is 3.39. The van der Waals surface area contributed by atoms with Crippen molar-refractivity contribution in [2.24, 2.45) is 5.73 Å². The van der Waals surface area contributed by atoms with Crippen LogP contribution in [-0.4, -0.2) is 6.54 Å². The summed E-state index contributed by atoms with van der Waals surface area (Å²) in [7, 11) is 0.